The molecule has 0 bridgehead atoms. The van der Waals surface area contributed by atoms with Crippen molar-refractivity contribution in [3.8, 4) is 11.5 Å². The first-order chi connectivity index (χ1) is 15.7. The lowest BCUT2D eigenvalue weighted by molar-refractivity contribution is -0.139. The highest BCUT2D eigenvalue weighted by Crippen LogP contribution is 2.38. The molecule has 1 saturated heterocycles. The number of nitrogens with one attached hydrogen (secondary N) is 1. The standard InChI is InChI=1S/C21H16BrFN2O7S/c1-31-15-6-11(14(22)8-16(15)32-10-19(27)28)7-17-20(29)25(21(30)33-17)9-18(26)24-13-4-2-12(23)3-5-13/h2-8H,9-10H2,1H3,(H,24,26)(H,27,28)/b17-7-. The van der Waals surface area contributed by atoms with Crippen LogP contribution in [0.15, 0.2) is 45.8 Å². The summed E-state index contributed by atoms with van der Waals surface area (Å²) in [6.07, 6.45) is 1.44. The zero-order chi connectivity index (χ0) is 24.1. The van der Waals surface area contributed by atoms with Crippen LogP contribution in [0.5, 0.6) is 11.5 Å². The van der Waals surface area contributed by atoms with Crippen LogP contribution in [0.3, 0.4) is 0 Å². The number of thioether (sulfide) groups is 1. The van der Waals surface area contributed by atoms with Gasteiger partial charge in [-0.3, -0.25) is 19.3 Å². The van der Waals surface area contributed by atoms with Gasteiger partial charge in [0, 0.05) is 10.2 Å². The molecular weight excluding hydrogens is 523 g/mol. The molecule has 3 rings (SSSR count). The molecule has 2 aromatic rings. The summed E-state index contributed by atoms with van der Waals surface area (Å²) in [5.74, 6) is -2.50. The number of amides is 3. The zero-order valence-corrected chi connectivity index (χ0v) is 19.4. The van der Waals surface area contributed by atoms with Crippen LogP contribution >= 0.6 is 27.7 Å². The molecule has 3 amide bonds. The molecule has 9 nitrogen and oxygen atoms in total. The highest BCUT2D eigenvalue weighted by Gasteiger charge is 2.36. The van der Waals surface area contributed by atoms with Crippen LogP contribution in [0.4, 0.5) is 14.9 Å². The second-order valence-electron chi connectivity index (χ2n) is 6.53. The predicted octanol–water partition coefficient (Wildman–Crippen LogP) is 3.74. The Hall–Kier alpha value is -3.38. The van der Waals surface area contributed by atoms with Crippen molar-refractivity contribution in [1.82, 2.24) is 4.90 Å². The number of carbonyl (C=O) groups excluding carboxylic acids is 3. The number of hydrogen-bond donors (Lipinski definition) is 2. The Balaban J connectivity index is 1.75. The molecule has 33 heavy (non-hydrogen) atoms. The number of anilines is 1. The maximum atomic E-state index is 13.0. The van der Waals surface area contributed by atoms with Gasteiger partial charge in [0.15, 0.2) is 18.1 Å². The Morgan fingerprint density at radius 1 is 1.21 bits per heavy atom. The molecular formula is C21H16BrFN2O7S. The fourth-order valence-electron chi connectivity index (χ4n) is 2.73. The van der Waals surface area contributed by atoms with Gasteiger partial charge in [0.05, 0.1) is 12.0 Å². The van der Waals surface area contributed by atoms with Gasteiger partial charge in [-0.15, -0.1) is 0 Å². The van der Waals surface area contributed by atoms with Crippen LogP contribution in [0.1, 0.15) is 5.56 Å². The molecule has 0 atom stereocenters. The molecule has 1 fully saturated rings. The molecule has 0 radical (unpaired) electrons. The first kappa shape index (κ1) is 24.3. The summed E-state index contributed by atoms with van der Waals surface area (Å²) in [4.78, 5) is 48.9. The summed E-state index contributed by atoms with van der Waals surface area (Å²) in [5, 5.41) is 10.7. The van der Waals surface area contributed by atoms with Crippen molar-refractivity contribution in [2.75, 3.05) is 25.6 Å². The van der Waals surface area contributed by atoms with E-state index in [1.165, 1.54) is 49.6 Å². The number of carboxylic acids is 1. The molecule has 0 aliphatic carbocycles. The van der Waals surface area contributed by atoms with E-state index in [9.17, 15) is 23.6 Å². The van der Waals surface area contributed by atoms with Gasteiger partial charge in [-0.25, -0.2) is 9.18 Å². The summed E-state index contributed by atoms with van der Waals surface area (Å²) < 4.78 is 23.8. The lowest BCUT2D eigenvalue weighted by atomic mass is 10.2. The summed E-state index contributed by atoms with van der Waals surface area (Å²) in [7, 11) is 1.37. The van der Waals surface area contributed by atoms with Crippen LogP contribution in [-0.4, -0.2) is 53.3 Å². The van der Waals surface area contributed by atoms with E-state index in [0.29, 0.717) is 27.5 Å². The SMILES string of the molecule is COc1cc(/C=C2\SC(=O)N(CC(=O)Nc3ccc(F)cc3)C2=O)c(Br)cc1OCC(=O)O. The number of hydrogen-bond acceptors (Lipinski definition) is 7. The molecule has 0 unspecified atom stereocenters. The molecule has 1 heterocycles. The number of imide groups is 1. The van der Waals surface area contributed by atoms with Crippen LogP contribution in [0.2, 0.25) is 0 Å². The third kappa shape index (κ3) is 6.11. The van der Waals surface area contributed by atoms with E-state index >= 15 is 0 Å². The fourth-order valence-corrected chi connectivity index (χ4v) is 3.99. The van der Waals surface area contributed by atoms with E-state index in [1.54, 1.807) is 0 Å². The summed E-state index contributed by atoms with van der Waals surface area (Å²) in [5.41, 5.74) is 0.793. The quantitative estimate of drug-likeness (QED) is 0.487. The number of carbonyl (C=O) groups is 4. The van der Waals surface area contributed by atoms with Crippen molar-refractivity contribution in [1.29, 1.82) is 0 Å². The van der Waals surface area contributed by atoms with Gasteiger partial charge in [0.1, 0.15) is 12.4 Å². The van der Waals surface area contributed by atoms with E-state index in [2.05, 4.69) is 21.2 Å². The molecule has 172 valence electrons. The van der Waals surface area contributed by atoms with Crippen LogP contribution in [-0.2, 0) is 14.4 Å². The highest BCUT2D eigenvalue weighted by atomic mass is 79.9. The minimum Gasteiger partial charge on any atom is -0.493 e. The van der Waals surface area contributed by atoms with Crippen molar-refractivity contribution < 1.29 is 38.1 Å². The summed E-state index contributed by atoms with van der Waals surface area (Å²) in [6, 6.07) is 8.04. The number of nitrogens with zero attached hydrogens (tertiary/aromatic N) is 1. The minimum absolute atomic E-state index is 0.0801. The lowest BCUT2D eigenvalue weighted by Gasteiger charge is -2.13. The van der Waals surface area contributed by atoms with Crippen molar-refractivity contribution in [3.05, 3.63) is 57.2 Å². The topological polar surface area (TPSA) is 122 Å². The first-order valence-electron chi connectivity index (χ1n) is 9.21. The predicted molar refractivity (Wildman–Crippen MR) is 122 cm³/mol. The van der Waals surface area contributed by atoms with Gasteiger partial charge in [0.25, 0.3) is 11.1 Å². The average Bonchev–Trinajstić information content (AvgIpc) is 3.02. The fraction of sp³-hybridized carbons (Fsp3) is 0.143. The van der Waals surface area contributed by atoms with E-state index in [1.807, 2.05) is 0 Å². The minimum atomic E-state index is -1.16. The summed E-state index contributed by atoms with van der Waals surface area (Å²) >= 11 is 3.99. The number of aliphatic carboxylic acids is 1. The van der Waals surface area contributed by atoms with E-state index in [-0.39, 0.29) is 16.4 Å². The second-order valence-corrected chi connectivity index (χ2v) is 8.38. The largest absolute Gasteiger partial charge is 0.493 e. The van der Waals surface area contributed by atoms with Gasteiger partial charge < -0.3 is 19.9 Å². The van der Waals surface area contributed by atoms with Crippen molar-refractivity contribution in [2.24, 2.45) is 0 Å². The number of halogens is 2. The summed E-state index contributed by atoms with van der Waals surface area (Å²) in [6.45, 7) is -1.08. The molecule has 2 aromatic carbocycles. The van der Waals surface area contributed by atoms with E-state index < -0.39 is 42.0 Å². The van der Waals surface area contributed by atoms with Crippen LogP contribution in [0, 0.1) is 5.82 Å². The van der Waals surface area contributed by atoms with Gasteiger partial charge >= 0.3 is 5.97 Å². The zero-order valence-electron chi connectivity index (χ0n) is 17.0. The first-order valence-corrected chi connectivity index (χ1v) is 10.8. The number of benzene rings is 2. The van der Waals surface area contributed by atoms with Crippen LogP contribution < -0.4 is 14.8 Å². The smallest absolute Gasteiger partial charge is 0.341 e. The Morgan fingerprint density at radius 3 is 2.55 bits per heavy atom. The Labute approximate surface area is 199 Å². The Bertz CT molecular complexity index is 1150. The van der Waals surface area contributed by atoms with Crippen LogP contribution in [0.25, 0.3) is 6.08 Å². The monoisotopic (exact) mass is 538 g/mol. The maximum Gasteiger partial charge on any atom is 0.341 e. The molecule has 2 N–H and O–H groups in total. The average molecular weight is 539 g/mol. The molecule has 1 aliphatic rings. The highest BCUT2D eigenvalue weighted by molar-refractivity contribution is 9.10. The molecule has 0 saturated carbocycles. The number of ether oxygens (including phenoxy) is 2. The third-order valence-electron chi connectivity index (χ3n) is 4.22. The molecule has 0 spiro atoms. The number of methoxy groups -OCH3 is 1. The van der Waals surface area contributed by atoms with Gasteiger partial charge in [-0.2, -0.15) is 0 Å². The normalized spacial score (nSPS) is 14.5. The molecule has 12 heteroatoms. The molecule has 1 aliphatic heterocycles. The van der Waals surface area contributed by atoms with E-state index in [4.69, 9.17) is 14.6 Å². The van der Waals surface area contributed by atoms with E-state index in [0.717, 1.165) is 4.90 Å². The Morgan fingerprint density at radius 2 is 1.91 bits per heavy atom. The maximum absolute atomic E-state index is 13.0. The Kier molecular flexibility index (Phi) is 7.71. The number of rotatable bonds is 8. The number of carboxylic acid groups (broad SMARTS) is 1. The second kappa shape index (κ2) is 10.5. The van der Waals surface area contributed by atoms with Gasteiger partial charge in [0.2, 0.25) is 5.91 Å². The third-order valence-corrected chi connectivity index (χ3v) is 5.82. The lowest BCUT2D eigenvalue weighted by Crippen LogP contribution is -2.36. The van der Waals surface area contributed by atoms with Gasteiger partial charge in [-0.05, 0) is 59.8 Å². The van der Waals surface area contributed by atoms with Crippen molar-refractivity contribution in [2.45, 2.75) is 0 Å². The van der Waals surface area contributed by atoms with Crippen molar-refractivity contribution >= 4 is 62.5 Å². The van der Waals surface area contributed by atoms with Gasteiger partial charge in [-0.1, -0.05) is 15.9 Å². The van der Waals surface area contributed by atoms with Crippen molar-refractivity contribution in [3.63, 3.8) is 0 Å². The molecule has 0 aromatic heterocycles.